The third-order valence-corrected chi connectivity index (χ3v) is 2.59. The molecule has 90 valence electrons. The molecule has 1 aromatic rings. The third kappa shape index (κ3) is 4.16. The van der Waals surface area contributed by atoms with Gasteiger partial charge in [0.2, 0.25) is 0 Å². The lowest BCUT2D eigenvalue weighted by Crippen LogP contribution is -2.42. The van der Waals surface area contributed by atoms with Gasteiger partial charge in [-0.1, -0.05) is 6.07 Å². The molecule has 0 atom stereocenters. The van der Waals surface area contributed by atoms with E-state index in [2.05, 4.69) is 5.32 Å². The molecule has 0 unspecified atom stereocenters. The Morgan fingerprint density at radius 3 is 2.81 bits per heavy atom. The van der Waals surface area contributed by atoms with E-state index in [0.717, 1.165) is 6.54 Å². The smallest absolute Gasteiger partial charge is 0.250 e. The molecule has 0 aliphatic rings. The van der Waals surface area contributed by atoms with Gasteiger partial charge >= 0.3 is 0 Å². The zero-order chi connectivity index (χ0) is 12.0. The van der Waals surface area contributed by atoms with E-state index < -0.39 is 0 Å². The van der Waals surface area contributed by atoms with Crippen molar-refractivity contribution in [2.75, 3.05) is 13.2 Å². The maximum Gasteiger partial charge on any atom is 0.250 e. The molecule has 4 heteroatoms. The number of aliphatic hydroxyl groups excluding tert-OH is 1. The summed E-state index contributed by atoms with van der Waals surface area (Å²) in [5, 5.41) is 12.2. The lowest BCUT2D eigenvalue weighted by molar-refractivity contribution is 0.230. The molecule has 1 heterocycles. The van der Waals surface area contributed by atoms with E-state index in [4.69, 9.17) is 5.11 Å². The summed E-state index contributed by atoms with van der Waals surface area (Å²) in [6, 6.07) is 5.14. The fraction of sp³-hybridized carbons (Fsp3) is 0.583. The Bertz CT molecular complexity index is 371. The molecule has 0 spiro atoms. The summed E-state index contributed by atoms with van der Waals surface area (Å²) in [7, 11) is 0. The number of aliphatic hydroxyl groups is 1. The number of nitrogens with one attached hydrogen (secondary N) is 1. The van der Waals surface area contributed by atoms with E-state index in [1.54, 1.807) is 22.9 Å². The zero-order valence-corrected chi connectivity index (χ0v) is 9.94. The molecule has 2 N–H and O–H groups in total. The maximum absolute atomic E-state index is 11.4. The first-order valence-corrected chi connectivity index (χ1v) is 5.56. The highest BCUT2D eigenvalue weighted by Gasteiger charge is 2.15. The quantitative estimate of drug-likeness (QED) is 0.744. The topological polar surface area (TPSA) is 54.3 Å². The monoisotopic (exact) mass is 224 g/mol. The lowest BCUT2D eigenvalue weighted by Gasteiger charge is -2.25. The summed E-state index contributed by atoms with van der Waals surface area (Å²) in [5.41, 5.74) is -0.0723. The first kappa shape index (κ1) is 12.9. The minimum absolute atomic E-state index is 0.0178. The molecule has 1 rings (SSSR count). The molecule has 0 aromatic carbocycles. The van der Waals surface area contributed by atoms with Crippen LogP contribution in [0.3, 0.4) is 0 Å². The summed E-state index contributed by atoms with van der Waals surface area (Å²) < 4.78 is 1.67. The summed E-state index contributed by atoms with van der Waals surface area (Å²) >= 11 is 0. The fourth-order valence-corrected chi connectivity index (χ4v) is 1.53. The van der Waals surface area contributed by atoms with Crippen molar-refractivity contribution in [3.05, 3.63) is 34.7 Å². The Balaban J connectivity index is 2.42. The van der Waals surface area contributed by atoms with Gasteiger partial charge < -0.3 is 15.0 Å². The van der Waals surface area contributed by atoms with Crippen LogP contribution in [0, 0.1) is 0 Å². The summed E-state index contributed by atoms with van der Waals surface area (Å²) in [5.74, 6) is 0. The molecule has 0 saturated carbocycles. The molecule has 16 heavy (non-hydrogen) atoms. The largest absolute Gasteiger partial charge is 0.396 e. The Morgan fingerprint density at radius 1 is 1.44 bits per heavy atom. The standard InChI is InChI=1S/C12H20N2O2/c1-12(2,6-10-15)13-7-9-14-8-4-3-5-11(14)16/h3-5,8,13,15H,6-7,9-10H2,1-2H3. The van der Waals surface area contributed by atoms with Crippen LogP contribution in [0.25, 0.3) is 0 Å². The van der Waals surface area contributed by atoms with Gasteiger partial charge in [0.25, 0.3) is 5.56 Å². The maximum atomic E-state index is 11.4. The molecular weight excluding hydrogens is 204 g/mol. The number of pyridine rings is 1. The van der Waals surface area contributed by atoms with Gasteiger partial charge in [-0.05, 0) is 26.3 Å². The summed E-state index contributed by atoms with van der Waals surface area (Å²) in [6.07, 6.45) is 2.49. The van der Waals surface area contributed by atoms with Crippen molar-refractivity contribution >= 4 is 0 Å². The molecule has 0 aliphatic carbocycles. The predicted octanol–water partition coefficient (Wildman–Crippen LogP) is 0.599. The van der Waals surface area contributed by atoms with Crippen molar-refractivity contribution in [2.45, 2.75) is 32.4 Å². The van der Waals surface area contributed by atoms with Crippen LogP contribution in [0.4, 0.5) is 0 Å². The lowest BCUT2D eigenvalue weighted by atomic mass is 10.0. The van der Waals surface area contributed by atoms with Gasteiger partial charge in [0, 0.05) is 37.5 Å². The second-order valence-corrected chi connectivity index (χ2v) is 4.52. The number of rotatable bonds is 6. The minimum atomic E-state index is -0.0901. The van der Waals surface area contributed by atoms with E-state index >= 15 is 0 Å². The fourth-order valence-electron chi connectivity index (χ4n) is 1.53. The molecule has 1 aromatic heterocycles. The van der Waals surface area contributed by atoms with E-state index in [-0.39, 0.29) is 17.7 Å². The van der Waals surface area contributed by atoms with Gasteiger partial charge in [-0.15, -0.1) is 0 Å². The average molecular weight is 224 g/mol. The molecule has 0 radical (unpaired) electrons. The highest BCUT2D eigenvalue weighted by Crippen LogP contribution is 2.06. The van der Waals surface area contributed by atoms with Gasteiger partial charge in [-0.25, -0.2) is 0 Å². The summed E-state index contributed by atoms with van der Waals surface area (Å²) in [6.45, 7) is 5.62. The molecule has 4 nitrogen and oxygen atoms in total. The predicted molar refractivity (Wildman–Crippen MR) is 64.5 cm³/mol. The van der Waals surface area contributed by atoms with Gasteiger partial charge in [-0.3, -0.25) is 4.79 Å². The van der Waals surface area contributed by atoms with Crippen molar-refractivity contribution in [1.82, 2.24) is 9.88 Å². The van der Waals surface area contributed by atoms with Gasteiger partial charge in [0.05, 0.1) is 0 Å². The van der Waals surface area contributed by atoms with Crippen LogP contribution >= 0.6 is 0 Å². The first-order valence-electron chi connectivity index (χ1n) is 5.56. The average Bonchev–Trinajstić information content (AvgIpc) is 2.20. The van der Waals surface area contributed by atoms with Crippen molar-refractivity contribution in [2.24, 2.45) is 0 Å². The van der Waals surface area contributed by atoms with Crippen LogP contribution in [0.15, 0.2) is 29.2 Å². The highest BCUT2D eigenvalue weighted by molar-refractivity contribution is 4.93. The Labute approximate surface area is 95.9 Å². The van der Waals surface area contributed by atoms with Crippen LogP contribution in [0.1, 0.15) is 20.3 Å². The molecule has 0 aliphatic heterocycles. The van der Waals surface area contributed by atoms with Crippen LogP contribution in [-0.2, 0) is 6.54 Å². The van der Waals surface area contributed by atoms with Crippen molar-refractivity contribution < 1.29 is 5.11 Å². The number of aromatic nitrogens is 1. The molecular formula is C12H20N2O2. The van der Waals surface area contributed by atoms with E-state index in [9.17, 15) is 4.79 Å². The first-order chi connectivity index (χ1) is 7.55. The number of nitrogens with zero attached hydrogens (tertiary/aromatic N) is 1. The van der Waals surface area contributed by atoms with Crippen molar-refractivity contribution in [3.8, 4) is 0 Å². The Morgan fingerprint density at radius 2 is 2.19 bits per heavy atom. The van der Waals surface area contributed by atoms with Crippen LogP contribution in [0.2, 0.25) is 0 Å². The van der Waals surface area contributed by atoms with E-state index in [1.165, 1.54) is 0 Å². The van der Waals surface area contributed by atoms with Crippen LogP contribution in [0.5, 0.6) is 0 Å². The Hall–Kier alpha value is -1.13. The summed E-state index contributed by atoms with van der Waals surface area (Å²) in [4.78, 5) is 11.4. The van der Waals surface area contributed by atoms with Crippen LogP contribution in [-0.4, -0.2) is 28.4 Å². The van der Waals surface area contributed by atoms with Crippen molar-refractivity contribution in [1.29, 1.82) is 0 Å². The highest BCUT2D eigenvalue weighted by atomic mass is 16.3. The molecule has 0 bridgehead atoms. The zero-order valence-electron chi connectivity index (χ0n) is 9.94. The van der Waals surface area contributed by atoms with E-state index in [0.29, 0.717) is 13.0 Å². The minimum Gasteiger partial charge on any atom is -0.396 e. The molecule has 0 amide bonds. The molecule has 0 saturated heterocycles. The normalized spacial score (nSPS) is 11.7. The van der Waals surface area contributed by atoms with E-state index in [1.807, 2.05) is 19.9 Å². The third-order valence-electron chi connectivity index (χ3n) is 2.59. The van der Waals surface area contributed by atoms with Gasteiger partial charge in [0.1, 0.15) is 0 Å². The van der Waals surface area contributed by atoms with Gasteiger partial charge in [-0.2, -0.15) is 0 Å². The second kappa shape index (κ2) is 5.82. The van der Waals surface area contributed by atoms with Crippen LogP contribution < -0.4 is 10.9 Å². The van der Waals surface area contributed by atoms with Crippen molar-refractivity contribution in [3.63, 3.8) is 0 Å². The molecule has 0 fully saturated rings. The Kier molecular flexibility index (Phi) is 4.71. The SMILES string of the molecule is CC(C)(CCO)NCCn1ccccc1=O. The van der Waals surface area contributed by atoms with Gasteiger partial charge in [0.15, 0.2) is 0 Å². The number of hydrogen-bond acceptors (Lipinski definition) is 3. The second-order valence-electron chi connectivity index (χ2n) is 4.52. The number of hydrogen-bond donors (Lipinski definition) is 2.